The van der Waals surface area contributed by atoms with E-state index < -0.39 is 6.04 Å². The first-order valence-corrected chi connectivity index (χ1v) is 16.7. The maximum atomic E-state index is 13.7. The minimum Gasteiger partial charge on any atom is -0.338 e. The highest BCUT2D eigenvalue weighted by atomic mass is 32.2. The lowest BCUT2D eigenvalue weighted by atomic mass is 10.1. The highest BCUT2D eigenvalue weighted by molar-refractivity contribution is 7.98. The lowest BCUT2D eigenvalue weighted by Gasteiger charge is -2.35. The number of carbonyl (C=O) groups is 2. The molecule has 0 radical (unpaired) electrons. The molecule has 0 aromatic heterocycles. The highest BCUT2D eigenvalue weighted by Gasteiger charge is 2.29. The fourth-order valence-electron chi connectivity index (χ4n) is 4.69. The third-order valence-electron chi connectivity index (χ3n) is 7.22. The van der Waals surface area contributed by atoms with Gasteiger partial charge in [0, 0.05) is 62.3 Å². The summed E-state index contributed by atoms with van der Waals surface area (Å²) in [7, 11) is 2.08. The second kappa shape index (κ2) is 17.1. The van der Waals surface area contributed by atoms with Crippen LogP contribution in [-0.4, -0.2) is 90.5 Å². The summed E-state index contributed by atoms with van der Waals surface area (Å²) in [6, 6.07) is 30.2. The molecule has 3 aromatic carbocycles. The minimum atomic E-state index is -0.559. The number of nitrogens with one attached hydrogen (secondary N) is 1. The van der Waals surface area contributed by atoms with Crippen LogP contribution < -0.4 is 5.32 Å². The molecule has 6 nitrogen and oxygen atoms in total. The summed E-state index contributed by atoms with van der Waals surface area (Å²) in [4.78, 5) is 33.4. The summed E-state index contributed by atoms with van der Waals surface area (Å²) in [6.07, 6.45) is 0.775. The van der Waals surface area contributed by atoms with Crippen LogP contribution in [0.4, 0.5) is 4.79 Å². The first-order chi connectivity index (χ1) is 20.1. The van der Waals surface area contributed by atoms with Crippen LogP contribution in [0.5, 0.6) is 0 Å². The smallest absolute Gasteiger partial charge is 0.318 e. The largest absolute Gasteiger partial charge is 0.338 e. The minimum absolute atomic E-state index is 0.0217. The summed E-state index contributed by atoms with van der Waals surface area (Å²) in [6.45, 7) is 4.33. The van der Waals surface area contributed by atoms with Crippen LogP contribution in [-0.2, 0) is 22.7 Å². The Kier molecular flexibility index (Phi) is 12.9. The van der Waals surface area contributed by atoms with Gasteiger partial charge >= 0.3 is 6.03 Å². The number of urea groups is 1. The van der Waals surface area contributed by atoms with Crippen LogP contribution in [0.15, 0.2) is 91.0 Å². The van der Waals surface area contributed by atoms with Crippen molar-refractivity contribution in [3.05, 3.63) is 108 Å². The maximum Gasteiger partial charge on any atom is 0.318 e. The molecule has 41 heavy (non-hydrogen) atoms. The molecular weight excluding hydrogens is 549 g/mol. The second-order valence-corrected chi connectivity index (χ2v) is 12.5. The molecule has 0 aliphatic carbocycles. The molecular formula is C33H42N4O2S2. The molecule has 3 amide bonds. The fourth-order valence-corrected chi connectivity index (χ4v) is 6.62. The molecule has 8 heteroatoms. The zero-order valence-electron chi connectivity index (χ0n) is 24.0. The van der Waals surface area contributed by atoms with Crippen molar-refractivity contribution in [2.75, 3.05) is 57.8 Å². The quantitative estimate of drug-likeness (QED) is 0.260. The molecule has 1 atom stereocenters. The van der Waals surface area contributed by atoms with E-state index in [-0.39, 0.29) is 11.9 Å². The van der Waals surface area contributed by atoms with E-state index in [1.165, 1.54) is 16.7 Å². The van der Waals surface area contributed by atoms with E-state index in [9.17, 15) is 9.59 Å². The lowest BCUT2D eigenvalue weighted by molar-refractivity contribution is -0.134. The molecule has 4 rings (SSSR count). The van der Waals surface area contributed by atoms with Crippen LogP contribution in [0.3, 0.4) is 0 Å². The molecule has 0 bridgehead atoms. The van der Waals surface area contributed by atoms with Crippen molar-refractivity contribution in [2.24, 2.45) is 0 Å². The molecule has 1 aliphatic heterocycles. The summed E-state index contributed by atoms with van der Waals surface area (Å²) < 4.78 is 0. The Labute approximate surface area is 253 Å². The molecule has 1 aliphatic rings. The van der Waals surface area contributed by atoms with E-state index in [1.807, 2.05) is 64.0 Å². The van der Waals surface area contributed by atoms with Gasteiger partial charge in [-0.3, -0.25) is 4.79 Å². The van der Waals surface area contributed by atoms with Crippen molar-refractivity contribution < 1.29 is 9.59 Å². The van der Waals surface area contributed by atoms with Gasteiger partial charge in [0.05, 0.1) is 0 Å². The zero-order chi connectivity index (χ0) is 28.7. The molecule has 218 valence electrons. The Balaban J connectivity index is 1.39. The van der Waals surface area contributed by atoms with Crippen molar-refractivity contribution in [3.63, 3.8) is 0 Å². The number of carbonyl (C=O) groups excluding carboxylic acids is 2. The normalized spacial score (nSPS) is 14.4. The highest BCUT2D eigenvalue weighted by Crippen LogP contribution is 2.16. The third kappa shape index (κ3) is 10.8. The van der Waals surface area contributed by atoms with Crippen molar-refractivity contribution in [2.45, 2.75) is 24.0 Å². The van der Waals surface area contributed by atoms with Crippen LogP contribution in [0.2, 0.25) is 0 Å². The van der Waals surface area contributed by atoms with Gasteiger partial charge in [0.15, 0.2) is 0 Å². The van der Waals surface area contributed by atoms with Crippen molar-refractivity contribution in [3.8, 4) is 0 Å². The van der Waals surface area contributed by atoms with Gasteiger partial charge in [0.1, 0.15) is 6.04 Å². The number of piperazine rings is 1. The summed E-state index contributed by atoms with van der Waals surface area (Å²) in [5.74, 6) is 3.11. The van der Waals surface area contributed by atoms with Crippen LogP contribution in [0.1, 0.15) is 16.7 Å². The summed E-state index contributed by atoms with van der Waals surface area (Å²) >= 11 is 3.52. The van der Waals surface area contributed by atoms with Gasteiger partial charge in [-0.1, -0.05) is 91.0 Å². The third-order valence-corrected chi connectivity index (χ3v) is 9.34. The van der Waals surface area contributed by atoms with Gasteiger partial charge in [0.2, 0.25) is 5.91 Å². The first kappa shape index (κ1) is 31.0. The van der Waals surface area contributed by atoms with Gasteiger partial charge in [0.25, 0.3) is 0 Å². The molecule has 1 heterocycles. The van der Waals surface area contributed by atoms with E-state index in [0.29, 0.717) is 31.9 Å². The van der Waals surface area contributed by atoms with E-state index in [1.54, 1.807) is 11.8 Å². The fraction of sp³-hybridized carbons (Fsp3) is 0.394. The Hall–Kier alpha value is -2.94. The molecule has 1 saturated heterocycles. The molecule has 1 N–H and O–H groups in total. The Bertz CT molecular complexity index is 1180. The predicted molar refractivity (Wildman–Crippen MR) is 173 cm³/mol. The van der Waals surface area contributed by atoms with Gasteiger partial charge in [-0.15, -0.1) is 0 Å². The van der Waals surface area contributed by atoms with E-state index in [2.05, 4.69) is 65.8 Å². The van der Waals surface area contributed by atoms with Gasteiger partial charge in [-0.25, -0.2) is 4.79 Å². The molecule has 0 saturated carbocycles. The summed E-state index contributed by atoms with van der Waals surface area (Å²) in [5, 5.41) is 3.16. The first-order valence-electron chi connectivity index (χ1n) is 14.4. The number of rotatable bonds is 14. The lowest BCUT2D eigenvalue weighted by Crippen LogP contribution is -2.57. The number of benzene rings is 3. The number of hydrogen-bond acceptors (Lipinski definition) is 5. The average Bonchev–Trinajstić information content (AvgIpc) is 3.01. The van der Waals surface area contributed by atoms with Crippen LogP contribution >= 0.6 is 23.5 Å². The maximum absolute atomic E-state index is 13.7. The van der Waals surface area contributed by atoms with E-state index >= 15 is 0 Å². The zero-order valence-corrected chi connectivity index (χ0v) is 25.6. The summed E-state index contributed by atoms with van der Waals surface area (Å²) in [5.41, 5.74) is 3.70. The van der Waals surface area contributed by atoms with Crippen molar-refractivity contribution in [1.82, 2.24) is 20.0 Å². The Morgan fingerprint density at radius 1 is 0.756 bits per heavy atom. The molecule has 3 aromatic rings. The second-order valence-electron chi connectivity index (χ2n) is 10.4. The number of hydrogen-bond donors (Lipinski definition) is 1. The number of likely N-dealkylation sites (N-methyl/N-ethyl adjacent to an activating group) is 1. The topological polar surface area (TPSA) is 55.9 Å². The van der Waals surface area contributed by atoms with Crippen molar-refractivity contribution in [1.29, 1.82) is 0 Å². The van der Waals surface area contributed by atoms with Gasteiger partial charge in [-0.05, 0) is 30.2 Å². The number of amides is 3. The average molecular weight is 591 g/mol. The van der Waals surface area contributed by atoms with E-state index in [4.69, 9.17) is 0 Å². The number of nitrogens with zero attached hydrogens (tertiary/aromatic N) is 3. The number of thioether (sulfide) groups is 2. The Morgan fingerprint density at radius 2 is 1.29 bits per heavy atom. The standard InChI is InChI=1S/C33H42N4O2S2/c1-35-19-21-36(22-20-35)32(38)31(27-41-26-30-15-9-4-10-16-30)34-33(39)37(18-17-28-11-5-2-6-12-28)23-24-40-25-29-13-7-3-8-14-29/h2-16,31H,17-27H2,1H3,(H,34,39)/t31-/m0/s1. The van der Waals surface area contributed by atoms with E-state index in [0.717, 1.165) is 36.8 Å². The van der Waals surface area contributed by atoms with Gasteiger partial charge < -0.3 is 20.0 Å². The molecule has 0 unspecified atom stereocenters. The SMILES string of the molecule is CN1CCN(C(=O)[C@H](CSCc2ccccc2)NC(=O)N(CCSCc2ccccc2)CCc2ccccc2)CC1. The Morgan fingerprint density at radius 3 is 1.88 bits per heavy atom. The van der Waals surface area contributed by atoms with Gasteiger partial charge in [-0.2, -0.15) is 23.5 Å². The van der Waals surface area contributed by atoms with Crippen molar-refractivity contribution >= 4 is 35.5 Å². The molecule has 1 fully saturated rings. The van der Waals surface area contributed by atoms with Crippen LogP contribution in [0.25, 0.3) is 0 Å². The monoisotopic (exact) mass is 590 g/mol. The molecule has 0 spiro atoms. The van der Waals surface area contributed by atoms with Crippen LogP contribution in [0, 0.1) is 0 Å². The predicted octanol–water partition coefficient (Wildman–Crippen LogP) is 5.25.